The van der Waals surface area contributed by atoms with Gasteiger partial charge < -0.3 is 9.16 Å². The van der Waals surface area contributed by atoms with Crippen LogP contribution in [0.5, 0.6) is 0 Å². The zero-order chi connectivity index (χ0) is 15.2. The van der Waals surface area contributed by atoms with Crippen LogP contribution in [0.2, 0.25) is 19.6 Å². The lowest BCUT2D eigenvalue weighted by Gasteiger charge is -2.25. The summed E-state index contributed by atoms with van der Waals surface area (Å²) in [7, 11) is -1.69. The molecule has 1 aromatic rings. The third kappa shape index (κ3) is 5.82. The molecule has 1 aromatic carbocycles. The molecule has 0 saturated carbocycles. The molecule has 0 saturated heterocycles. The van der Waals surface area contributed by atoms with E-state index in [0.717, 1.165) is 17.9 Å². The van der Waals surface area contributed by atoms with Gasteiger partial charge in [0.05, 0.1) is 6.61 Å². The van der Waals surface area contributed by atoms with Crippen LogP contribution in [0.4, 0.5) is 0 Å². The van der Waals surface area contributed by atoms with Crippen molar-refractivity contribution in [1.82, 2.24) is 0 Å². The fourth-order valence-electron chi connectivity index (χ4n) is 1.80. The Kier molecular flexibility index (Phi) is 6.34. The number of allylic oxidation sites excluding steroid dienone is 1. The molecule has 20 heavy (non-hydrogen) atoms. The molecule has 112 valence electrons. The number of hydrogen-bond acceptors (Lipinski definition) is 2. The first-order chi connectivity index (χ1) is 9.33. The molecule has 0 aliphatic rings. The van der Waals surface area contributed by atoms with E-state index in [1.165, 1.54) is 5.56 Å². The first-order valence-electron chi connectivity index (χ1n) is 7.44. The molecule has 0 N–H and O–H groups in total. The van der Waals surface area contributed by atoms with Crippen LogP contribution in [-0.2, 0) is 9.16 Å². The molecular weight excluding hydrogens is 264 g/mol. The number of hydrogen-bond donors (Lipinski definition) is 0. The van der Waals surface area contributed by atoms with Gasteiger partial charge in [-0.15, -0.1) is 0 Å². The first kappa shape index (κ1) is 16.8. The lowest BCUT2D eigenvalue weighted by Crippen LogP contribution is -2.26. The zero-order valence-electron chi connectivity index (χ0n) is 13.7. The van der Waals surface area contributed by atoms with Crippen molar-refractivity contribution in [2.75, 3.05) is 6.61 Å². The summed E-state index contributed by atoms with van der Waals surface area (Å²) in [6, 6.07) is 10.4. The molecule has 0 bridgehead atoms. The summed E-state index contributed by atoms with van der Waals surface area (Å²) >= 11 is 0. The van der Waals surface area contributed by atoms with Gasteiger partial charge in [0.2, 0.25) is 8.32 Å². The summed E-state index contributed by atoms with van der Waals surface area (Å²) in [4.78, 5) is 0. The highest BCUT2D eigenvalue weighted by atomic mass is 28.4. The van der Waals surface area contributed by atoms with Crippen molar-refractivity contribution >= 4 is 13.9 Å². The van der Waals surface area contributed by atoms with Crippen LogP contribution in [0.3, 0.4) is 0 Å². The van der Waals surface area contributed by atoms with E-state index < -0.39 is 8.32 Å². The fourth-order valence-corrected chi connectivity index (χ4v) is 2.54. The summed E-state index contributed by atoms with van der Waals surface area (Å²) in [6.45, 7) is 13.7. The van der Waals surface area contributed by atoms with Crippen molar-refractivity contribution in [2.24, 2.45) is 5.92 Å². The molecule has 0 atom stereocenters. The van der Waals surface area contributed by atoms with Crippen molar-refractivity contribution in [3.63, 3.8) is 0 Å². The van der Waals surface area contributed by atoms with E-state index in [2.05, 4.69) is 64.7 Å². The SMILES string of the molecule is CC/C(=C(\OCC(C)C)O[Si](C)(C)C)c1ccccc1. The van der Waals surface area contributed by atoms with Crippen LogP contribution in [0.15, 0.2) is 36.3 Å². The van der Waals surface area contributed by atoms with E-state index in [1.54, 1.807) is 0 Å². The molecule has 0 fully saturated rings. The Balaban J connectivity index is 3.11. The van der Waals surface area contributed by atoms with Gasteiger partial charge in [-0.1, -0.05) is 51.1 Å². The van der Waals surface area contributed by atoms with Crippen molar-refractivity contribution in [3.05, 3.63) is 41.8 Å². The standard InChI is InChI=1S/C17H28O2Si/c1-7-16(15-11-9-8-10-12-15)17(18-13-14(2)3)19-20(4,5)6/h8-12,14H,7,13H2,1-6H3/b17-16-. The third-order valence-corrected chi connectivity index (χ3v) is 3.47. The Morgan fingerprint density at radius 1 is 1.10 bits per heavy atom. The van der Waals surface area contributed by atoms with Gasteiger partial charge in [0, 0.05) is 5.57 Å². The van der Waals surface area contributed by atoms with Crippen molar-refractivity contribution in [3.8, 4) is 0 Å². The minimum atomic E-state index is -1.69. The zero-order valence-corrected chi connectivity index (χ0v) is 14.7. The Morgan fingerprint density at radius 3 is 2.15 bits per heavy atom. The largest absolute Gasteiger partial charge is 0.519 e. The average Bonchev–Trinajstić information content (AvgIpc) is 2.36. The predicted molar refractivity (Wildman–Crippen MR) is 88.9 cm³/mol. The normalized spacial score (nSPS) is 13.2. The molecule has 1 rings (SSSR count). The molecule has 0 aliphatic heterocycles. The molecule has 0 radical (unpaired) electrons. The van der Waals surface area contributed by atoms with Gasteiger partial charge >= 0.3 is 0 Å². The Labute approximate surface area is 124 Å². The Bertz CT molecular complexity index is 430. The summed E-state index contributed by atoms with van der Waals surface area (Å²) in [5.41, 5.74) is 2.35. The number of ether oxygens (including phenoxy) is 1. The topological polar surface area (TPSA) is 18.5 Å². The van der Waals surface area contributed by atoms with E-state index in [9.17, 15) is 0 Å². The highest BCUT2D eigenvalue weighted by molar-refractivity contribution is 6.70. The van der Waals surface area contributed by atoms with Crippen LogP contribution in [0, 0.1) is 5.92 Å². The van der Waals surface area contributed by atoms with E-state index in [0.29, 0.717) is 12.5 Å². The van der Waals surface area contributed by atoms with E-state index >= 15 is 0 Å². The van der Waals surface area contributed by atoms with Crippen LogP contribution in [0.25, 0.3) is 5.57 Å². The predicted octanol–water partition coefficient (Wildman–Crippen LogP) is 5.29. The molecule has 0 aromatic heterocycles. The van der Waals surface area contributed by atoms with Gasteiger partial charge in [0.15, 0.2) is 0 Å². The lowest BCUT2D eigenvalue weighted by atomic mass is 10.0. The van der Waals surface area contributed by atoms with Gasteiger partial charge in [-0.25, -0.2) is 0 Å². The van der Waals surface area contributed by atoms with Gasteiger partial charge in [0.25, 0.3) is 5.95 Å². The highest BCUT2D eigenvalue weighted by Gasteiger charge is 2.22. The Morgan fingerprint density at radius 2 is 1.70 bits per heavy atom. The molecule has 0 amide bonds. The number of rotatable bonds is 7. The van der Waals surface area contributed by atoms with Crippen molar-refractivity contribution < 1.29 is 9.16 Å². The van der Waals surface area contributed by atoms with Gasteiger partial charge in [-0.2, -0.15) is 0 Å². The summed E-state index contributed by atoms with van der Waals surface area (Å²) in [5.74, 6) is 1.22. The second-order valence-corrected chi connectivity index (χ2v) is 10.8. The fraction of sp³-hybridized carbons (Fsp3) is 0.529. The lowest BCUT2D eigenvalue weighted by molar-refractivity contribution is 0.0867. The molecular formula is C17H28O2Si. The van der Waals surface area contributed by atoms with Gasteiger partial charge in [0.1, 0.15) is 0 Å². The van der Waals surface area contributed by atoms with Gasteiger partial charge in [-0.3, -0.25) is 0 Å². The van der Waals surface area contributed by atoms with Crippen molar-refractivity contribution in [2.45, 2.75) is 46.8 Å². The van der Waals surface area contributed by atoms with Crippen molar-refractivity contribution in [1.29, 1.82) is 0 Å². The molecule has 0 unspecified atom stereocenters. The van der Waals surface area contributed by atoms with E-state index in [1.807, 2.05) is 6.07 Å². The van der Waals surface area contributed by atoms with Crippen LogP contribution in [-0.4, -0.2) is 14.9 Å². The maximum absolute atomic E-state index is 6.19. The van der Waals surface area contributed by atoms with E-state index in [4.69, 9.17) is 9.16 Å². The summed E-state index contributed by atoms with van der Waals surface area (Å²) in [5, 5.41) is 0. The van der Waals surface area contributed by atoms with Crippen LogP contribution >= 0.6 is 0 Å². The molecule has 0 heterocycles. The average molecular weight is 292 g/mol. The minimum absolute atomic E-state index is 0.490. The number of benzene rings is 1. The highest BCUT2D eigenvalue weighted by Crippen LogP contribution is 2.26. The quantitative estimate of drug-likeness (QED) is 0.502. The molecule has 0 spiro atoms. The molecule has 3 heteroatoms. The Hall–Kier alpha value is -1.22. The second kappa shape index (κ2) is 7.53. The monoisotopic (exact) mass is 292 g/mol. The summed E-state index contributed by atoms with van der Waals surface area (Å²) in [6.07, 6.45) is 0.905. The first-order valence-corrected chi connectivity index (χ1v) is 10.8. The second-order valence-electron chi connectivity index (χ2n) is 6.40. The summed E-state index contributed by atoms with van der Waals surface area (Å²) < 4.78 is 12.2. The van der Waals surface area contributed by atoms with Gasteiger partial charge in [-0.05, 0) is 37.5 Å². The van der Waals surface area contributed by atoms with Crippen LogP contribution < -0.4 is 0 Å². The maximum Gasteiger partial charge on any atom is 0.269 e. The third-order valence-electron chi connectivity index (χ3n) is 2.67. The molecule has 2 nitrogen and oxygen atoms in total. The minimum Gasteiger partial charge on any atom is -0.519 e. The molecule has 0 aliphatic carbocycles. The maximum atomic E-state index is 6.19. The smallest absolute Gasteiger partial charge is 0.269 e. The van der Waals surface area contributed by atoms with Crippen LogP contribution in [0.1, 0.15) is 32.8 Å². The van der Waals surface area contributed by atoms with E-state index in [-0.39, 0.29) is 0 Å².